The number of aryl methyl sites for hydroxylation is 1. The van der Waals surface area contributed by atoms with E-state index in [0.29, 0.717) is 5.56 Å². The molecule has 218 valence electrons. The number of para-hydroxylation sites is 1. The predicted molar refractivity (Wildman–Crippen MR) is 157 cm³/mol. The fraction of sp³-hybridized carbons (Fsp3) is 0.700. The summed E-state index contributed by atoms with van der Waals surface area (Å²) in [6.07, 6.45) is 24.3. The van der Waals surface area contributed by atoms with Crippen molar-refractivity contribution in [3.63, 3.8) is 0 Å². The third kappa shape index (κ3) is 12.9. The molecule has 8 heteroatoms. The van der Waals surface area contributed by atoms with Crippen molar-refractivity contribution in [1.29, 1.82) is 0 Å². The topological polar surface area (TPSA) is 116 Å². The molecule has 1 aliphatic rings. The Kier molecular flexibility index (Phi) is 16.7. The summed E-state index contributed by atoms with van der Waals surface area (Å²) in [6, 6.07) is 3.99. The number of phenols is 1. The molecule has 0 radical (unpaired) electrons. The summed E-state index contributed by atoms with van der Waals surface area (Å²) in [6.45, 7) is 7.84. The van der Waals surface area contributed by atoms with Crippen molar-refractivity contribution in [3.05, 3.63) is 35.9 Å². The van der Waals surface area contributed by atoms with Crippen LogP contribution in [0.4, 0.5) is 0 Å². The molecule has 1 aliphatic heterocycles. The van der Waals surface area contributed by atoms with Gasteiger partial charge in [-0.15, -0.1) is 0 Å². The lowest BCUT2D eigenvalue weighted by Gasteiger charge is -2.32. The zero-order valence-corrected chi connectivity index (χ0v) is 25.1. The lowest BCUT2D eigenvalue weighted by Crippen LogP contribution is -2.56. The molecule has 2 unspecified atom stereocenters. The minimum atomic E-state index is -4.56. The summed E-state index contributed by atoms with van der Waals surface area (Å²) in [5.74, 6) is 0.696. The van der Waals surface area contributed by atoms with Crippen molar-refractivity contribution in [3.8, 4) is 5.75 Å². The molecule has 0 saturated carbocycles. The average molecular weight is 552 g/mol. The monoisotopic (exact) mass is 551 g/mol. The summed E-state index contributed by atoms with van der Waals surface area (Å²) >= 11 is 0. The molecule has 1 aromatic rings. The van der Waals surface area contributed by atoms with Crippen LogP contribution in [-0.4, -0.2) is 54.7 Å². The SMILES string of the molecule is CCCCCCCCCCCCCCCC=CC1=NCC[N+]1(C)C(C)N.Cc1cccc(S(=O)(=O)[O-])c1O. The van der Waals surface area contributed by atoms with Gasteiger partial charge in [0.15, 0.2) is 0 Å². The van der Waals surface area contributed by atoms with Crippen LogP contribution in [-0.2, 0) is 10.1 Å². The van der Waals surface area contributed by atoms with Crippen molar-refractivity contribution < 1.29 is 22.6 Å². The molecule has 2 atom stereocenters. The number of amidine groups is 1. The molecule has 0 spiro atoms. The van der Waals surface area contributed by atoms with Gasteiger partial charge in [0, 0.05) is 13.0 Å². The van der Waals surface area contributed by atoms with Crippen LogP contribution in [0.3, 0.4) is 0 Å². The van der Waals surface area contributed by atoms with Gasteiger partial charge in [-0.3, -0.25) is 10.2 Å². The zero-order valence-electron chi connectivity index (χ0n) is 24.3. The highest BCUT2D eigenvalue weighted by molar-refractivity contribution is 7.85. The number of aliphatic imine (C=N–C) groups is 1. The van der Waals surface area contributed by atoms with Crippen LogP contribution in [0.25, 0.3) is 0 Å². The molecule has 3 N–H and O–H groups in total. The number of hydrogen-bond donors (Lipinski definition) is 2. The van der Waals surface area contributed by atoms with E-state index < -0.39 is 20.8 Å². The summed E-state index contributed by atoms with van der Waals surface area (Å²) in [7, 11) is -2.36. The molecule has 0 fully saturated rings. The molecule has 2 rings (SSSR count). The van der Waals surface area contributed by atoms with E-state index in [1.54, 1.807) is 0 Å². The van der Waals surface area contributed by atoms with E-state index in [0.717, 1.165) is 29.5 Å². The van der Waals surface area contributed by atoms with Crippen LogP contribution >= 0.6 is 0 Å². The summed E-state index contributed by atoms with van der Waals surface area (Å²) < 4.78 is 32.3. The van der Waals surface area contributed by atoms with Crippen molar-refractivity contribution >= 4 is 16.0 Å². The van der Waals surface area contributed by atoms with Gasteiger partial charge < -0.3 is 9.66 Å². The number of nitrogens with zero attached hydrogens (tertiary/aromatic N) is 2. The van der Waals surface area contributed by atoms with Gasteiger partial charge in [-0.1, -0.05) is 102 Å². The second-order valence-corrected chi connectivity index (χ2v) is 12.1. The fourth-order valence-electron chi connectivity index (χ4n) is 4.59. The Balaban J connectivity index is 0.000000499. The first-order valence-corrected chi connectivity index (χ1v) is 16.0. The average Bonchev–Trinajstić information content (AvgIpc) is 3.24. The van der Waals surface area contributed by atoms with E-state index in [2.05, 4.69) is 38.0 Å². The zero-order chi connectivity index (χ0) is 28.4. The van der Waals surface area contributed by atoms with Gasteiger partial charge in [0.05, 0.1) is 18.5 Å². The first-order valence-electron chi connectivity index (χ1n) is 14.6. The lowest BCUT2D eigenvalue weighted by atomic mass is 10.0. The molecular formula is C30H53N3O4S. The van der Waals surface area contributed by atoms with Gasteiger partial charge in [-0.2, -0.15) is 0 Å². The third-order valence-corrected chi connectivity index (χ3v) is 8.34. The largest absolute Gasteiger partial charge is 0.744 e. The van der Waals surface area contributed by atoms with Crippen LogP contribution in [0.1, 0.15) is 109 Å². The number of allylic oxidation sites excluding steroid dienone is 1. The number of unbranched alkanes of at least 4 members (excludes halogenated alkanes) is 13. The maximum absolute atomic E-state index is 10.5. The standard InChI is InChI=1S/C23H46N3.C7H8O4S/c1-4-5-6-7-8-9-10-11-12-13-14-15-16-17-18-19-23-25-20-21-26(23,3)22(2)24;1-5-3-2-4-6(7(5)8)12(9,10)11/h18-19,22H,4-17,20-21,24H2,1-3H3;2-4,8H,1H3,(H,9,10,11)/q+1;/p-1. The van der Waals surface area contributed by atoms with Crippen molar-refractivity contribution in [2.45, 2.75) is 122 Å². The van der Waals surface area contributed by atoms with Crippen LogP contribution in [0.2, 0.25) is 0 Å². The number of quaternary nitrogens is 1. The van der Waals surface area contributed by atoms with E-state index in [1.807, 2.05) is 0 Å². The minimum absolute atomic E-state index is 0.122. The highest BCUT2D eigenvalue weighted by atomic mass is 32.2. The maximum Gasteiger partial charge on any atom is 0.223 e. The van der Waals surface area contributed by atoms with Gasteiger partial charge in [0.1, 0.15) is 28.6 Å². The quantitative estimate of drug-likeness (QED) is 0.126. The molecule has 38 heavy (non-hydrogen) atoms. The lowest BCUT2D eigenvalue weighted by molar-refractivity contribution is -0.837. The Morgan fingerprint density at radius 1 is 1.03 bits per heavy atom. The number of benzene rings is 1. The van der Waals surface area contributed by atoms with E-state index in [9.17, 15) is 13.0 Å². The Morgan fingerprint density at radius 3 is 2.03 bits per heavy atom. The van der Waals surface area contributed by atoms with Crippen LogP contribution < -0.4 is 5.73 Å². The Hall–Kier alpha value is -1.74. The molecule has 1 aromatic carbocycles. The van der Waals surface area contributed by atoms with E-state index in [-0.39, 0.29) is 6.17 Å². The molecule has 0 bridgehead atoms. The highest BCUT2D eigenvalue weighted by Crippen LogP contribution is 2.25. The summed E-state index contributed by atoms with van der Waals surface area (Å²) in [4.78, 5) is 4.07. The number of nitrogens with two attached hydrogens (primary N) is 1. The van der Waals surface area contributed by atoms with Crippen molar-refractivity contribution in [1.82, 2.24) is 0 Å². The van der Waals surface area contributed by atoms with E-state index in [4.69, 9.17) is 10.8 Å². The summed E-state index contributed by atoms with van der Waals surface area (Å²) in [5.41, 5.74) is 6.50. The fourth-order valence-corrected chi connectivity index (χ4v) is 5.23. The first kappa shape index (κ1) is 34.3. The predicted octanol–water partition coefficient (Wildman–Crippen LogP) is 6.79. The Bertz CT molecular complexity index is 960. The van der Waals surface area contributed by atoms with Crippen molar-refractivity contribution in [2.24, 2.45) is 10.7 Å². The molecule has 1 heterocycles. The number of phenolic OH excluding ortho intramolecular Hbond substituents is 1. The van der Waals surface area contributed by atoms with Gasteiger partial charge in [-0.25, -0.2) is 13.4 Å². The minimum Gasteiger partial charge on any atom is -0.744 e. The number of rotatable bonds is 17. The molecule has 0 aromatic heterocycles. The van der Waals surface area contributed by atoms with E-state index in [1.165, 1.54) is 109 Å². The second-order valence-electron chi connectivity index (χ2n) is 10.8. The molecule has 0 saturated heterocycles. The Labute approximate surface area is 232 Å². The van der Waals surface area contributed by atoms with Crippen molar-refractivity contribution in [2.75, 3.05) is 20.1 Å². The number of aromatic hydroxyl groups is 1. The highest BCUT2D eigenvalue weighted by Gasteiger charge is 2.35. The van der Waals surface area contributed by atoms with Gasteiger partial charge >= 0.3 is 0 Å². The third-order valence-electron chi connectivity index (χ3n) is 7.47. The van der Waals surface area contributed by atoms with Gasteiger partial charge in [0.2, 0.25) is 5.84 Å². The Morgan fingerprint density at radius 2 is 1.55 bits per heavy atom. The molecule has 0 amide bonds. The van der Waals surface area contributed by atoms with Gasteiger partial charge in [0.25, 0.3) is 0 Å². The van der Waals surface area contributed by atoms with Crippen LogP contribution in [0, 0.1) is 6.92 Å². The van der Waals surface area contributed by atoms with Gasteiger partial charge in [-0.05, 0) is 31.4 Å². The maximum atomic E-state index is 10.5. The normalized spacial score (nSPS) is 18.3. The van der Waals surface area contributed by atoms with E-state index >= 15 is 0 Å². The number of hydrogen-bond acceptors (Lipinski definition) is 6. The second kappa shape index (κ2) is 18.5. The molecule has 0 aliphatic carbocycles. The first-order chi connectivity index (χ1) is 18.0. The van der Waals surface area contributed by atoms with Crippen LogP contribution in [0.15, 0.2) is 40.2 Å². The smallest absolute Gasteiger partial charge is 0.223 e. The number of likely N-dealkylation sites (N-methyl/N-ethyl adjacent to an activating group) is 1. The molecular weight excluding hydrogens is 498 g/mol. The summed E-state index contributed by atoms with van der Waals surface area (Å²) in [5, 5.41) is 9.15. The molecule has 7 nitrogen and oxygen atoms in total. The van der Waals surface area contributed by atoms with Crippen LogP contribution in [0.5, 0.6) is 5.75 Å².